The van der Waals surface area contributed by atoms with Gasteiger partial charge in [0.05, 0.1) is 11.8 Å². The molecule has 4 rings (SSSR count). The van der Waals surface area contributed by atoms with Crippen molar-refractivity contribution in [3.8, 4) is 28.6 Å². The Bertz CT molecular complexity index is 1480. The zero-order chi connectivity index (χ0) is 25.8. The summed E-state index contributed by atoms with van der Waals surface area (Å²) in [4.78, 5) is 29.9. The number of hydrogen-bond acceptors (Lipinski definition) is 8. The Morgan fingerprint density at radius 1 is 1.11 bits per heavy atom. The van der Waals surface area contributed by atoms with Crippen molar-refractivity contribution in [1.82, 2.24) is 19.5 Å². The van der Waals surface area contributed by atoms with Gasteiger partial charge in [0.15, 0.2) is 6.61 Å². The van der Waals surface area contributed by atoms with Gasteiger partial charge in [0.25, 0.3) is 12.0 Å². The predicted octanol–water partition coefficient (Wildman–Crippen LogP) is 3.72. The summed E-state index contributed by atoms with van der Waals surface area (Å²) in [6.45, 7) is -3.99. The molecule has 0 aliphatic carbocycles. The highest BCUT2D eigenvalue weighted by molar-refractivity contribution is 5.91. The molecule has 36 heavy (non-hydrogen) atoms. The van der Waals surface area contributed by atoms with Crippen LogP contribution < -0.4 is 20.8 Å². The van der Waals surface area contributed by atoms with Crippen LogP contribution in [0, 0.1) is 0 Å². The Morgan fingerprint density at radius 2 is 1.92 bits per heavy atom. The summed E-state index contributed by atoms with van der Waals surface area (Å²) in [6, 6.07) is 7.37. The van der Waals surface area contributed by atoms with Crippen LogP contribution in [-0.2, 0) is 0 Å². The molecule has 0 aliphatic heterocycles. The third-order valence-electron chi connectivity index (χ3n) is 4.91. The van der Waals surface area contributed by atoms with Crippen LogP contribution in [0.1, 0.15) is 5.56 Å². The van der Waals surface area contributed by atoms with Crippen LogP contribution in [-0.4, -0.2) is 52.4 Å². The lowest BCUT2D eigenvalue weighted by molar-refractivity contribution is -0.0528. The Balaban J connectivity index is 1.93. The number of fused-ring (bicyclic) bond motifs is 1. The minimum atomic E-state index is -3.08. The summed E-state index contributed by atoms with van der Waals surface area (Å²) >= 11 is 0. The van der Waals surface area contributed by atoms with Crippen molar-refractivity contribution >= 4 is 22.9 Å². The zero-order valence-corrected chi connectivity index (χ0v) is 18.6. The van der Waals surface area contributed by atoms with E-state index in [9.17, 15) is 22.4 Å². The standard InChI is InChI=1S/C23H18F4N6O3/c1-29-7-13-6-14(3-4-15(13)28)33-10-16-21(32-19(9-30-16)35-11-17(24)25)20(22(33)34)12-2-5-18(31-8-12)36-23(26)27/h2-10,17,23H,11,28H2,1H3. The molecule has 0 atom stereocenters. The number of nitrogen functional groups attached to an aromatic ring is 1. The van der Waals surface area contributed by atoms with Gasteiger partial charge < -0.3 is 15.2 Å². The third-order valence-corrected chi connectivity index (χ3v) is 4.91. The summed E-state index contributed by atoms with van der Waals surface area (Å²) in [5.74, 6) is -0.580. The number of nitrogens with two attached hydrogens (primary N) is 1. The third kappa shape index (κ3) is 5.24. The summed E-state index contributed by atoms with van der Waals surface area (Å²) in [7, 11) is 1.57. The normalized spacial score (nSPS) is 11.6. The van der Waals surface area contributed by atoms with Gasteiger partial charge >= 0.3 is 6.61 Å². The number of hydrogen-bond donors (Lipinski definition) is 1. The van der Waals surface area contributed by atoms with Crippen molar-refractivity contribution in [2.45, 2.75) is 13.0 Å². The first kappa shape index (κ1) is 24.6. The van der Waals surface area contributed by atoms with E-state index in [1.165, 1.54) is 23.0 Å². The SMILES string of the molecule is CN=Cc1cc(-n2cc3ncc(OCC(F)F)nc3c(-c3ccc(OC(F)F)nc3)c2=O)ccc1N. The number of alkyl halides is 4. The molecule has 0 amide bonds. The molecule has 4 aromatic rings. The van der Waals surface area contributed by atoms with Crippen molar-refractivity contribution < 1.29 is 27.0 Å². The van der Waals surface area contributed by atoms with Crippen LogP contribution in [0.25, 0.3) is 27.8 Å². The van der Waals surface area contributed by atoms with E-state index < -0.39 is 25.2 Å². The smallest absolute Gasteiger partial charge is 0.388 e. The van der Waals surface area contributed by atoms with Crippen LogP contribution in [0.4, 0.5) is 23.2 Å². The molecule has 3 heterocycles. The van der Waals surface area contributed by atoms with Crippen LogP contribution >= 0.6 is 0 Å². The monoisotopic (exact) mass is 502 g/mol. The van der Waals surface area contributed by atoms with E-state index in [-0.39, 0.29) is 33.9 Å². The first-order chi connectivity index (χ1) is 17.3. The van der Waals surface area contributed by atoms with Gasteiger partial charge in [-0.3, -0.25) is 14.4 Å². The second-order valence-electron chi connectivity index (χ2n) is 7.29. The maximum atomic E-state index is 13.7. The fourth-order valence-corrected chi connectivity index (χ4v) is 3.39. The molecule has 1 aromatic carbocycles. The minimum Gasteiger partial charge on any atom is -0.470 e. The number of pyridine rings is 2. The first-order valence-electron chi connectivity index (χ1n) is 10.3. The highest BCUT2D eigenvalue weighted by atomic mass is 19.3. The zero-order valence-electron chi connectivity index (χ0n) is 18.6. The molecule has 3 aromatic heterocycles. The second-order valence-corrected chi connectivity index (χ2v) is 7.29. The predicted molar refractivity (Wildman–Crippen MR) is 124 cm³/mol. The summed E-state index contributed by atoms with van der Waals surface area (Å²) < 4.78 is 60.8. The number of rotatable bonds is 8. The molecule has 0 radical (unpaired) electrons. The van der Waals surface area contributed by atoms with E-state index in [0.29, 0.717) is 16.9 Å². The number of benzene rings is 1. The van der Waals surface area contributed by atoms with Crippen molar-refractivity contribution in [2.24, 2.45) is 4.99 Å². The van der Waals surface area contributed by atoms with Gasteiger partial charge in [-0.2, -0.15) is 8.78 Å². The van der Waals surface area contributed by atoms with E-state index in [2.05, 4.69) is 24.7 Å². The molecule has 0 fully saturated rings. The Morgan fingerprint density at radius 3 is 2.58 bits per heavy atom. The molecular formula is C23H18F4N6O3. The maximum absolute atomic E-state index is 13.7. The number of nitrogens with zero attached hydrogens (tertiary/aromatic N) is 5. The number of ether oxygens (including phenoxy) is 2. The Labute approximate surface area is 200 Å². The Hall–Kier alpha value is -4.55. The second kappa shape index (κ2) is 10.4. The van der Waals surface area contributed by atoms with Gasteiger partial charge in [0, 0.05) is 54.2 Å². The summed E-state index contributed by atoms with van der Waals surface area (Å²) in [5.41, 5.74) is 7.30. The molecule has 0 unspecified atom stereocenters. The first-order valence-corrected chi connectivity index (χ1v) is 10.3. The van der Waals surface area contributed by atoms with Crippen molar-refractivity contribution in [1.29, 1.82) is 0 Å². The van der Waals surface area contributed by atoms with Crippen molar-refractivity contribution in [3.05, 3.63) is 64.8 Å². The van der Waals surface area contributed by atoms with E-state index in [0.717, 1.165) is 18.5 Å². The quantitative estimate of drug-likeness (QED) is 0.222. The summed E-state index contributed by atoms with van der Waals surface area (Å²) in [5, 5.41) is 0. The fraction of sp³-hybridized carbons (Fsp3) is 0.174. The lowest BCUT2D eigenvalue weighted by atomic mass is 10.1. The van der Waals surface area contributed by atoms with Gasteiger partial charge in [-0.25, -0.2) is 23.7 Å². The van der Waals surface area contributed by atoms with Crippen LogP contribution in [0.2, 0.25) is 0 Å². The van der Waals surface area contributed by atoms with E-state index in [1.807, 2.05) is 0 Å². The van der Waals surface area contributed by atoms with E-state index in [4.69, 9.17) is 10.5 Å². The Kier molecular flexibility index (Phi) is 7.08. The molecule has 9 nitrogen and oxygen atoms in total. The maximum Gasteiger partial charge on any atom is 0.388 e. The summed E-state index contributed by atoms with van der Waals surface area (Å²) in [6.07, 6.45) is 2.52. The molecule has 0 saturated carbocycles. The average Bonchev–Trinajstić information content (AvgIpc) is 2.84. The topological polar surface area (TPSA) is 118 Å². The van der Waals surface area contributed by atoms with Gasteiger partial charge in [0.2, 0.25) is 11.8 Å². The molecule has 0 spiro atoms. The lowest BCUT2D eigenvalue weighted by Crippen LogP contribution is -2.21. The fourth-order valence-electron chi connectivity index (χ4n) is 3.39. The van der Waals surface area contributed by atoms with E-state index in [1.54, 1.807) is 25.2 Å². The van der Waals surface area contributed by atoms with Gasteiger partial charge in [-0.1, -0.05) is 0 Å². The van der Waals surface area contributed by atoms with Crippen molar-refractivity contribution in [2.75, 3.05) is 19.4 Å². The average molecular weight is 502 g/mol. The molecule has 13 heteroatoms. The van der Waals surface area contributed by atoms with Crippen molar-refractivity contribution in [3.63, 3.8) is 0 Å². The van der Waals surface area contributed by atoms with Gasteiger partial charge in [-0.05, 0) is 24.3 Å². The molecule has 0 aliphatic rings. The highest BCUT2D eigenvalue weighted by Crippen LogP contribution is 2.27. The van der Waals surface area contributed by atoms with Gasteiger partial charge in [-0.15, -0.1) is 0 Å². The number of aliphatic imine (C=N–C) groups is 1. The minimum absolute atomic E-state index is 0.0128. The highest BCUT2D eigenvalue weighted by Gasteiger charge is 2.18. The van der Waals surface area contributed by atoms with E-state index >= 15 is 0 Å². The largest absolute Gasteiger partial charge is 0.470 e. The van der Waals surface area contributed by atoms with Crippen LogP contribution in [0.5, 0.6) is 11.8 Å². The number of aromatic nitrogens is 4. The molecule has 186 valence electrons. The molecule has 0 bridgehead atoms. The molecule has 0 saturated heterocycles. The molecule has 2 N–H and O–H groups in total. The van der Waals surface area contributed by atoms with Gasteiger partial charge in [0.1, 0.15) is 11.0 Å². The van der Waals surface area contributed by atoms with Crippen LogP contribution in [0.15, 0.2) is 58.7 Å². The number of halogens is 4. The number of anilines is 1. The molecular weight excluding hydrogens is 484 g/mol. The van der Waals surface area contributed by atoms with Crippen LogP contribution in [0.3, 0.4) is 0 Å². The lowest BCUT2D eigenvalue weighted by Gasteiger charge is -2.14.